The Morgan fingerprint density at radius 2 is 1.95 bits per heavy atom. The molecule has 10 heteroatoms. The van der Waals surface area contributed by atoms with Gasteiger partial charge in [-0.25, -0.2) is 4.39 Å². The fourth-order valence-electron chi connectivity index (χ4n) is 4.69. The summed E-state index contributed by atoms with van der Waals surface area (Å²) < 4.78 is 37.1. The predicted molar refractivity (Wildman–Crippen MR) is 160 cm³/mol. The molecule has 5 rings (SSSR count). The van der Waals surface area contributed by atoms with Crippen LogP contribution in [0.4, 0.5) is 15.9 Å². The Labute approximate surface area is 247 Å². The second-order valence-corrected chi connectivity index (χ2v) is 10.9. The minimum Gasteiger partial charge on any atom is -0.475 e. The van der Waals surface area contributed by atoms with E-state index in [4.69, 9.17) is 23.9 Å². The van der Waals surface area contributed by atoms with Crippen molar-refractivity contribution in [1.82, 2.24) is 4.98 Å². The first-order valence-electron chi connectivity index (χ1n) is 13.5. The Morgan fingerprint density at radius 3 is 2.73 bits per heavy atom. The zero-order valence-electron chi connectivity index (χ0n) is 22.5. The topological polar surface area (TPSA) is 82.2 Å². The summed E-state index contributed by atoms with van der Waals surface area (Å²) in [5.41, 5.74) is 3.94. The van der Waals surface area contributed by atoms with Crippen molar-refractivity contribution in [3.05, 3.63) is 69.0 Å². The van der Waals surface area contributed by atoms with Crippen molar-refractivity contribution in [3.8, 4) is 17.0 Å². The van der Waals surface area contributed by atoms with Crippen LogP contribution in [0, 0.1) is 16.3 Å². The summed E-state index contributed by atoms with van der Waals surface area (Å²) in [6, 6.07) is 14.0. The molecule has 0 bridgehead atoms. The first kappa shape index (κ1) is 28.7. The molecule has 0 spiro atoms. The van der Waals surface area contributed by atoms with Crippen molar-refractivity contribution in [2.45, 2.75) is 32.5 Å². The molecule has 0 radical (unpaired) electrons. The monoisotopic (exact) mass is 661 g/mol. The van der Waals surface area contributed by atoms with Gasteiger partial charge in [0.25, 0.3) is 5.91 Å². The molecule has 3 aromatic rings. The van der Waals surface area contributed by atoms with Gasteiger partial charge in [-0.1, -0.05) is 6.07 Å². The van der Waals surface area contributed by atoms with Gasteiger partial charge in [0.2, 0.25) is 5.88 Å². The summed E-state index contributed by atoms with van der Waals surface area (Å²) in [6.07, 6.45) is 2.93. The Morgan fingerprint density at radius 1 is 1.10 bits per heavy atom. The highest BCUT2D eigenvalue weighted by Gasteiger charge is 2.18. The molecule has 2 aliphatic heterocycles. The second kappa shape index (κ2) is 13.7. The molecule has 2 fully saturated rings. The number of morpholine rings is 1. The summed E-state index contributed by atoms with van der Waals surface area (Å²) in [5, 5.41) is 2.94. The molecule has 212 valence electrons. The summed E-state index contributed by atoms with van der Waals surface area (Å²) in [5.74, 6) is 0.654. The van der Waals surface area contributed by atoms with E-state index in [-0.39, 0.29) is 18.0 Å². The van der Waals surface area contributed by atoms with Crippen LogP contribution in [0.5, 0.6) is 5.88 Å². The quantitative estimate of drug-likeness (QED) is 0.229. The molecule has 1 N–H and O–H groups in total. The highest BCUT2D eigenvalue weighted by atomic mass is 127. The van der Waals surface area contributed by atoms with E-state index in [0.29, 0.717) is 47.1 Å². The number of nitrogens with zero attached hydrogens (tertiary/aromatic N) is 2. The Bertz CT molecular complexity index is 1330. The number of ether oxygens (including phenoxy) is 4. The number of carbonyl (C=O) groups is 1. The molecule has 1 amide bonds. The van der Waals surface area contributed by atoms with Gasteiger partial charge < -0.3 is 29.2 Å². The van der Waals surface area contributed by atoms with Crippen molar-refractivity contribution < 1.29 is 28.1 Å². The fourth-order valence-corrected chi connectivity index (χ4v) is 5.21. The molecule has 1 atom stereocenters. The minimum atomic E-state index is -0.351. The third-order valence-corrected chi connectivity index (χ3v) is 7.71. The van der Waals surface area contributed by atoms with Gasteiger partial charge in [0, 0.05) is 40.6 Å². The molecule has 1 aromatic heterocycles. The summed E-state index contributed by atoms with van der Waals surface area (Å²) >= 11 is 1.88. The average molecular weight is 662 g/mol. The Kier molecular flexibility index (Phi) is 9.84. The van der Waals surface area contributed by atoms with Gasteiger partial charge in [-0.3, -0.25) is 4.79 Å². The Hall–Kier alpha value is -2.80. The molecule has 40 heavy (non-hydrogen) atoms. The molecule has 3 heterocycles. The zero-order chi connectivity index (χ0) is 27.9. The highest BCUT2D eigenvalue weighted by Crippen LogP contribution is 2.32. The highest BCUT2D eigenvalue weighted by molar-refractivity contribution is 14.1. The van der Waals surface area contributed by atoms with Crippen LogP contribution in [0.1, 0.15) is 35.2 Å². The van der Waals surface area contributed by atoms with Crippen molar-refractivity contribution in [3.63, 3.8) is 0 Å². The van der Waals surface area contributed by atoms with Crippen LogP contribution in [0.2, 0.25) is 0 Å². The number of amides is 1. The number of aryl methyl sites for hydroxylation is 1. The average Bonchev–Trinajstić information content (AvgIpc) is 2.98. The number of anilines is 2. The number of pyridine rings is 1. The van der Waals surface area contributed by atoms with Gasteiger partial charge in [0.1, 0.15) is 18.2 Å². The SMILES string of the molecule is Cc1ccc(NC(=O)c2ccc(F)c(I)c2)cc1-c1cc(OCCOC2CCCCO2)nc(N2CCOCC2)c1. The molecule has 0 aliphatic carbocycles. The number of hydrogen-bond acceptors (Lipinski definition) is 7. The molecular formula is C30H33FIN3O5. The maximum absolute atomic E-state index is 13.7. The lowest BCUT2D eigenvalue weighted by molar-refractivity contribution is -0.165. The molecule has 2 aliphatic rings. The van der Waals surface area contributed by atoms with Crippen molar-refractivity contribution in [2.24, 2.45) is 0 Å². The third-order valence-electron chi connectivity index (χ3n) is 6.89. The van der Waals surface area contributed by atoms with Gasteiger partial charge in [0.05, 0.1) is 19.8 Å². The first-order valence-corrected chi connectivity index (χ1v) is 14.6. The second-order valence-electron chi connectivity index (χ2n) is 9.78. The maximum Gasteiger partial charge on any atom is 0.255 e. The predicted octanol–water partition coefficient (Wildman–Crippen LogP) is 5.81. The van der Waals surface area contributed by atoms with Crippen LogP contribution in [0.3, 0.4) is 0 Å². The number of hydrogen-bond donors (Lipinski definition) is 1. The van der Waals surface area contributed by atoms with Crippen LogP contribution in [0.15, 0.2) is 48.5 Å². The van der Waals surface area contributed by atoms with Crippen molar-refractivity contribution in [2.75, 3.05) is 56.3 Å². The number of halogens is 2. The van der Waals surface area contributed by atoms with E-state index in [9.17, 15) is 9.18 Å². The van der Waals surface area contributed by atoms with Gasteiger partial charge in [-0.05, 0) is 102 Å². The van der Waals surface area contributed by atoms with Crippen molar-refractivity contribution in [1.29, 1.82) is 0 Å². The lowest BCUT2D eigenvalue weighted by Gasteiger charge is -2.28. The van der Waals surface area contributed by atoms with E-state index in [1.54, 1.807) is 0 Å². The molecule has 1 unspecified atom stereocenters. The molecule has 0 saturated carbocycles. The molecule has 8 nitrogen and oxygen atoms in total. The van der Waals surface area contributed by atoms with Gasteiger partial charge in [0.15, 0.2) is 6.29 Å². The van der Waals surface area contributed by atoms with Crippen LogP contribution in [-0.2, 0) is 14.2 Å². The van der Waals surface area contributed by atoms with Gasteiger partial charge >= 0.3 is 0 Å². The van der Waals surface area contributed by atoms with Crippen molar-refractivity contribution >= 4 is 40.0 Å². The molecule has 2 aromatic carbocycles. The van der Waals surface area contributed by atoms with E-state index in [0.717, 1.165) is 61.5 Å². The van der Waals surface area contributed by atoms with Crippen LogP contribution in [0.25, 0.3) is 11.1 Å². The minimum absolute atomic E-state index is 0.167. The normalized spacial score (nSPS) is 17.5. The third kappa shape index (κ3) is 7.48. The van der Waals surface area contributed by atoms with E-state index in [1.165, 1.54) is 18.2 Å². The molecule has 2 saturated heterocycles. The number of nitrogens with one attached hydrogen (secondary N) is 1. The number of benzene rings is 2. The Balaban J connectivity index is 1.36. The van der Waals surface area contributed by atoms with Crippen LogP contribution in [-0.4, -0.2) is 63.3 Å². The zero-order valence-corrected chi connectivity index (χ0v) is 24.6. The van der Waals surface area contributed by atoms with Crippen LogP contribution < -0.4 is 15.0 Å². The van der Waals surface area contributed by atoms with E-state index in [2.05, 4.69) is 10.2 Å². The lowest BCUT2D eigenvalue weighted by Crippen LogP contribution is -2.36. The maximum atomic E-state index is 13.7. The first-order chi connectivity index (χ1) is 19.5. The summed E-state index contributed by atoms with van der Waals surface area (Å²) in [7, 11) is 0. The fraction of sp³-hybridized carbons (Fsp3) is 0.400. The van der Waals surface area contributed by atoms with Crippen LogP contribution >= 0.6 is 22.6 Å². The lowest BCUT2D eigenvalue weighted by atomic mass is 10.00. The number of carbonyl (C=O) groups excluding carboxylic acids is 1. The largest absolute Gasteiger partial charge is 0.475 e. The standard InChI is InChI=1S/C30H33FIN3O5/c1-20-5-7-23(33-30(36)21-6-8-25(31)26(32)16-21)19-24(20)22-17-27(35-9-12-37-13-10-35)34-28(18-22)38-14-15-40-29-4-2-3-11-39-29/h5-8,16-19,29H,2-4,9-15H2,1H3,(H,33,36). The summed E-state index contributed by atoms with van der Waals surface area (Å²) in [6.45, 7) is 6.28. The smallest absolute Gasteiger partial charge is 0.255 e. The van der Waals surface area contributed by atoms with E-state index in [1.807, 2.05) is 59.8 Å². The van der Waals surface area contributed by atoms with E-state index < -0.39 is 0 Å². The van der Waals surface area contributed by atoms with Gasteiger partial charge in [-0.15, -0.1) is 0 Å². The van der Waals surface area contributed by atoms with E-state index >= 15 is 0 Å². The number of rotatable bonds is 9. The van der Waals surface area contributed by atoms with Gasteiger partial charge in [-0.2, -0.15) is 4.98 Å². The molecular weight excluding hydrogens is 628 g/mol. The number of aromatic nitrogens is 1. The summed E-state index contributed by atoms with van der Waals surface area (Å²) in [4.78, 5) is 19.8.